The highest BCUT2D eigenvalue weighted by molar-refractivity contribution is 8.71. The lowest BCUT2D eigenvalue weighted by Gasteiger charge is -1.96. The summed E-state index contributed by atoms with van der Waals surface area (Å²) in [4.78, 5) is 0. The summed E-state index contributed by atoms with van der Waals surface area (Å²) in [5.41, 5.74) is 0. The quantitative estimate of drug-likeness (QED) is 0.454. The molecule has 6 heavy (non-hydrogen) atoms. The third-order valence-corrected chi connectivity index (χ3v) is 3.51. The largest absolute Gasteiger partial charge is 0.127 e. The summed E-state index contributed by atoms with van der Waals surface area (Å²) >= 11 is 14.2. The average Bonchev–Trinajstić information content (AvgIpc) is 1.35. The first-order chi connectivity index (χ1) is 2.56. The Kier molecular flexibility index (Phi) is 3.11. The van der Waals surface area contributed by atoms with Crippen LogP contribution < -0.4 is 0 Å². The molecule has 1 atom stereocenters. The van der Waals surface area contributed by atoms with Gasteiger partial charge in [-0.1, -0.05) is 30.0 Å². The number of thiol groups is 1. The predicted octanol–water partition coefficient (Wildman–Crippen LogP) is 2.48. The molecule has 0 nitrogen and oxygen atoms in total. The first-order valence-electron chi connectivity index (χ1n) is 1.57. The van der Waals surface area contributed by atoms with E-state index in [1.54, 1.807) is 0 Å². The molecule has 0 radical (unpaired) electrons. The summed E-state index contributed by atoms with van der Waals surface area (Å²) in [5.74, 6) is 0. The van der Waals surface area contributed by atoms with Crippen LogP contribution in [0.5, 0.6) is 0 Å². The molecule has 0 heterocycles. The van der Waals surface area contributed by atoms with Crippen LogP contribution in [0.1, 0.15) is 6.92 Å². The minimum atomic E-state index is -1.65. The van der Waals surface area contributed by atoms with Gasteiger partial charge in [0.05, 0.1) is 4.59 Å². The van der Waals surface area contributed by atoms with Crippen molar-refractivity contribution in [3.8, 4) is 0 Å². The normalized spacial score (nSPS) is 19.8. The second-order valence-corrected chi connectivity index (χ2v) is 10.6. The highest BCUT2D eigenvalue weighted by Crippen LogP contribution is 2.55. The Bertz CT molecular complexity index is 75.6. The van der Waals surface area contributed by atoms with E-state index in [-0.39, 0.29) is 0 Å². The van der Waals surface area contributed by atoms with Gasteiger partial charge < -0.3 is 0 Å². The van der Waals surface area contributed by atoms with Gasteiger partial charge in [0.15, 0.2) is 0 Å². The highest BCUT2D eigenvalue weighted by Gasteiger charge is 1.97. The van der Waals surface area contributed by atoms with Crippen LogP contribution in [0.3, 0.4) is 0 Å². The van der Waals surface area contributed by atoms with Gasteiger partial charge in [-0.25, -0.2) is 0 Å². The third kappa shape index (κ3) is 5.29. The molecule has 0 N–H and O–H groups in total. The van der Waals surface area contributed by atoms with Crippen LogP contribution in [-0.4, -0.2) is 6.16 Å². The van der Waals surface area contributed by atoms with Gasteiger partial charge in [0.1, 0.15) is 0 Å². The first kappa shape index (κ1) is 7.29. The Labute approximate surface area is 53.2 Å². The number of rotatable bonds is 1. The molecule has 38 valence electrons. The minimum absolute atomic E-state index is 0.826. The van der Waals surface area contributed by atoms with E-state index in [9.17, 15) is 0 Å². The zero-order valence-electron chi connectivity index (χ0n) is 3.39. The van der Waals surface area contributed by atoms with E-state index < -0.39 is 4.59 Å². The smallest absolute Gasteiger partial charge is 0.0857 e. The van der Waals surface area contributed by atoms with Gasteiger partial charge in [-0.2, -0.15) is 0 Å². The van der Waals surface area contributed by atoms with Crippen molar-refractivity contribution >= 4 is 39.9 Å². The van der Waals surface area contributed by atoms with Crippen LogP contribution in [0.25, 0.3) is 0 Å². The van der Waals surface area contributed by atoms with Gasteiger partial charge in [-0.3, -0.25) is 0 Å². The molecule has 0 aromatic carbocycles. The van der Waals surface area contributed by atoms with Crippen molar-refractivity contribution in [3.63, 3.8) is 0 Å². The standard InChI is InChI=1S/C2H6ClPS2/c1-2-4(3,5)6/h2H2,1H3,(H,5,6). The Balaban J connectivity index is 3.48. The van der Waals surface area contributed by atoms with Crippen molar-refractivity contribution in [3.05, 3.63) is 0 Å². The summed E-state index contributed by atoms with van der Waals surface area (Å²) < 4.78 is -1.65. The Morgan fingerprint density at radius 2 is 2.17 bits per heavy atom. The van der Waals surface area contributed by atoms with Gasteiger partial charge in [0.2, 0.25) is 0 Å². The first-order valence-corrected chi connectivity index (χ1v) is 6.62. The molecule has 0 aromatic heterocycles. The lowest BCUT2D eigenvalue weighted by Crippen LogP contribution is -1.58. The van der Waals surface area contributed by atoms with Gasteiger partial charge in [0, 0.05) is 0 Å². The molecule has 0 spiro atoms. The Morgan fingerprint density at radius 3 is 2.17 bits per heavy atom. The van der Waals surface area contributed by atoms with Crippen molar-refractivity contribution < 1.29 is 0 Å². The monoisotopic (exact) mass is 160 g/mol. The van der Waals surface area contributed by atoms with E-state index in [1.165, 1.54) is 0 Å². The van der Waals surface area contributed by atoms with Gasteiger partial charge in [-0.05, 0) is 6.16 Å². The van der Waals surface area contributed by atoms with Crippen LogP contribution in [0.4, 0.5) is 0 Å². The lowest BCUT2D eigenvalue weighted by atomic mass is 11.0. The second kappa shape index (κ2) is 2.56. The molecule has 0 bridgehead atoms. The fraction of sp³-hybridized carbons (Fsp3) is 1.00. The van der Waals surface area contributed by atoms with Gasteiger partial charge >= 0.3 is 0 Å². The average molecular weight is 161 g/mol. The summed E-state index contributed by atoms with van der Waals surface area (Å²) in [7, 11) is 0. The maximum Gasteiger partial charge on any atom is 0.0857 e. The minimum Gasteiger partial charge on any atom is -0.127 e. The molecule has 0 aromatic rings. The van der Waals surface area contributed by atoms with Gasteiger partial charge in [-0.15, -0.1) is 12.2 Å². The maximum absolute atomic E-state index is 5.51. The van der Waals surface area contributed by atoms with E-state index >= 15 is 0 Å². The number of halogens is 1. The topological polar surface area (TPSA) is 0 Å². The van der Waals surface area contributed by atoms with Crippen LogP contribution in [0, 0.1) is 0 Å². The van der Waals surface area contributed by atoms with E-state index in [4.69, 9.17) is 23.0 Å². The van der Waals surface area contributed by atoms with Crippen LogP contribution in [-0.2, 0) is 11.8 Å². The van der Waals surface area contributed by atoms with Crippen molar-refractivity contribution in [2.45, 2.75) is 6.92 Å². The van der Waals surface area contributed by atoms with Crippen molar-refractivity contribution in [1.29, 1.82) is 0 Å². The molecule has 0 aliphatic carbocycles. The van der Waals surface area contributed by atoms with E-state index in [0.29, 0.717) is 0 Å². The van der Waals surface area contributed by atoms with Crippen molar-refractivity contribution in [1.82, 2.24) is 0 Å². The molecular formula is C2H6ClPS2. The van der Waals surface area contributed by atoms with Crippen LogP contribution in [0.2, 0.25) is 0 Å². The molecular weight excluding hydrogens is 155 g/mol. The maximum atomic E-state index is 5.51. The fourth-order valence-corrected chi connectivity index (χ4v) is 0. The predicted molar refractivity (Wildman–Crippen MR) is 39.7 cm³/mol. The molecule has 0 saturated carbocycles. The SMILES string of the molecule is CCP(=S)(S)Cl. The van der Waals surface area contributed by atoms with E-state index in [1.807, 2.05) is 6.92 Å². The van der Waals surface area contributed by atoms with Gasteiger partial charge in [0.25, 0.3) is 0 Å². The van der Waals surface area contributed by atoms with Crippen molar-refractivity contribution in [2.24, 2.45) is 0 Å². The third-order valence-electron chi connectivity index (χ3n) is 0.390. The molecule has 0 fully saturated rings. The molecule has 4 heteroatoms. The number of hydrogen-bond donors (Lipinski definition) is 1. The zero-order valence-corrected chi connectivity index (χ0v) is 6.75. The number of hydrogen-bond acceptors (Lipinski definition) is 1. The Hall–Kier alpha value is 1.29. The summed E-state index contributed by atoms with van der Waals surface area (Å²) in [6.07, 6.45) is 0.826. The molecule has 0 aliphatic heterocycles. The molecule has 0 amide bonds. The second-order valence-electron chi connectivity index (χ2n) is 0.933. The summed E-state index contributed by atoms with van der Waals surface area (Å²) in [6, 6.07) is 0. The summed E-state index contributed by atoms with van der Waals surface area (Å²) in [6.45, 7) is 1.95. The lowest BCUT2D eigenvalue weighted by molar-refractivity contribution is 1.53. The Morgan fingerprint density at radius 1 is 2.00 bits per heavy atom. The molecule has 1 unspecified atom stereocenters. The fourth-order valence-electron chi connectivity index (χ4n) is 0. The van der Waals surface area contributed by atoms with Crippen LogP contribution >= 0.6 is 28.1 Å². The molecule has 0 aliphatic rings. The van der Waals surface area contributed by atoms with E-state index in [0.717, 1.165) is 6.16 Å². The molecule has 0 rings (SSSR count). The summed E-state index contributed by atoms with van der Waals surface area (Å²) in [5, 5.41) is 0. The van der Waals surface area contributed by atoms with Crippen LogP contribution in [0.15, 0.2) is 0 Å². The molecule has 0 saturated heterocycles. The van der Waals surface area contributed by atoms with Crippen molar-refractivity contribution in [2.75, 3.05) is 6.16 Å². The zero-order chi connectivity index (χ0) is 5.21. The highest BCUT2D eigenvalue weighted by atomic mass is 35.7. The van der Waals surface area contributed by atoms with E-state index in [2.05, 4.69) is 12.2 Å².